The first-order chi connectivity index (χ1) is 5.11. The van der Waals surface area contributed by atoms with E-state index in [4.69, 9.17) is 15.2 Å². The Bertz CT molecular complexity index is 125. The Morgan fingerprint density at radius 1 is 1.55 bits per heavy atom. The summed E-state index contributed by atoms with van der Waals surface area (Å²) in [5.41, 5.74) is 4.97. The van der Waals surface area contributed by atoms with Gasteiger partial charge in [0.25, 0.3) is 0 Å². The molecule has 0 rings (SSSR count). The first kappa shape index (κ1) is 10.2. The maximum absolute atomic E-state index is 10.5. The molecule has 0 bridgehead atoms. The molecule has 0 aliphatic heterocycles. The Labute approximate surface area is 66.1 Å². The summed E-state index contributed by atoms with van der Waals surface area (Å²) in [7, 11) is 4.58. The highest BCUT2D eigenvalue weighted by Gasteiger charge is 2.10. The number of amides is 2. The van der Waals surface area contributed by atoms with Gasteiger partial charge in [0.15, 0.2) is 6.29 Å². The molecular formula is C6H14N2O3. The number of carbonyl (C=O) groups excluding carboxylic acids is 1. The number of likely N-dealkylation sites (N-methyl/N-ethyl adjacent to an activating group) is 1. The van der Waals surface area contributed by atoms with E-state index in [2.05, 4.69) is 0 Å². The molecule has 0 fully saturated rings. The standard InChI is InChI=1S/C6H14N2O3/c1-8(6(7)9)4-5(10-2)11-3/h5H,4H2,1-3H3,(H2,7,9). The molecule has 0 radical (unpaired) electrons. The van der Waals surface area contributed by atoms with Gasteiger partial charge in [-0.15, -0.1) is 0 Å². The largest absolute Gasteiger partial charge is 0.354 e. The quantitative estimate of drug-likeness (QED) is 0.573. The van der Waals surface area contributed by atoms with Crippen molar-refractivity contribution in [3.63, 3.8) is 0 Å². The van der Waals surface area contributed by atoms with Crippen molar-refractivity contribution in [2.75, 3.05) is 27.8 Å². The van der Waals surface area contributed by atoms with Gasteiger partial charge >= 0.3 is 6.03 Å². The van der Waals surface area contributed by atoms with Crippen LogP contribution in [-0.4, -0.2) is 45.0 Å². The number of ether oxygens (including phenoxy) is 2. The van der Waals surface area contributed by atoms with Crippen LogP contribution < -0.4 is 5.73 Å². The van der Waals surface area contributed by atoms with Crippen LogP contribution in [0.3, 0.4) is 0 Å². The lowest BCUT2D eigenvalue weighted by atomic mass is 10.5. The highest BCUT2D eigenvalue weighted by atomic mass is 16.7. The Morgan fingerprint density at radius 3 is 2.27 bits per heavy atom. The third kappa shape index (κ3) is 3.79. The van der Waals surface area contributed by atoms with Crippen molar-refractivity contribution >= 4 is 6.03 Å². The fourth-order valence-electron chi connectivity index (χ4n) is 0.559. The number of hydrogen-bond donors (Lipinski definition) is 1. The summed E-state index contributed by atoms with van der Waals surface area (Å²) in [6.07, 6.45) is -0.410. The number of primary amides is 1. The van der Waals surface area contributed by atoms with Crippen LogP contribution in [0.5, 0.6) is 0 Å². The minimum atomic E-state index is -0.496. The summed E-state index contributed by atoms with van der Waals surface area (Å²) in [5, 5.41) is 0. The fourth-order valence-corrected chi connectivity index (χ4v) is 0.559. The molecule has 0 aromatic rings. The molecule has 5 nitrogen and oxygen atoms in total. The van der Waals surface area contributed by atoms with E-state index in [0.717, 1.165) is 0 Å². The number of methoxy groups -OCH3 is 2. The lowest BCUT2D eigenvalue weighted by Crippen LogP contribution is -2.39. The van der Waals surface area contributed by atoms with Gasteiger partial charge in [0.05, 0.1) is 6.54 Å². The van der Waals surface area contributed by atoms with Gasteiger partial charge in [-0.1, -0.05) is 0 Å². The summed E-state index contributed by atoms with van der Waals surface area (Å²) in [4.78, 5) is 11.8. The van der Waals surface area contributed by atoms with Crippen LogP contribution in [0.2, 0.25) is 0 Å². The highest BCUT2D eigenvalue weighted by molar-refractivity contribution is 5.71. The minimum absolute atomic E-state index is 0.336. The molecule has 0 spiro atoms. The molecule has 0 aliphatic rings. The third-order valence-corrected chi connectivity index (χ3v) is 1.32. The maximum Gasteiger partial charge on any atom is 0.314 e. The second kappa shape index (κ2) is 4.92. The second-order valence-electron chi connectivity index (χ2n) is 2.12. The van der Waals surface area contributed by atoms with Crippen molar-refractivity contribution < 1.29 is 14.3 Å². The van der Waals surface area contributed by atoms with E-state index < -0.39 is 12.3 Å². The van der Waals surface area contributed by atoms with Crippen LogP contribution in [0.4, 0.5) is 4.79 Å². The zero-order valence-corrected chi connectivity index (χ0v) is 7.03. The van der Waals surface area contributed by atoms with Crippen LogP contribution >= 0.6 is 0 Å². The van der Waals surface area contributed by atoms with E-state index in [-0.39, 0.29) is 0 Å². The molecule has 5 heteroatoms. The maximum atomic E-state index is 10.5. The first-order valence-electron chi connectivity index (χ1n) is 3.18. The number of urea groups is 1. The van der Waals surface area contributed by atoms with E-state index in [1.165, 1.54) is 19.1 Å². The van der Waals surface area contributed by atoms with E-state index >= 15 is 0 Å². The molecule has 11 heavy (non-hydrogen) atoms. The minimum Gasteiger partial charge on any atom is -0.354 e. The summed E-state index contributed by atoms with van der Waals surface area (Å²) in [6, 6.07) is -0.496. The molecule has 0 aromatic heterocycles. The summed E-state index contributed by atoms with van der Waals surface area (Å²) >= 11 is 0. The number of nitrogens with two attached hydrogens (primary N) is 1. The second-order valence-corrected chi connectivity index (χ2v) is 2.12. The topological polar surface area (TPSA) is 64.8 Å². The molecule has 0 aliphatic carbocycles. The van der Waals surface area contributed by atoms with Crippen molar-refractivity contribution in [3.05, 3.63) is 0 Å². The highest BCUT2D eigenvalue weighted by Crippen LogP contribution is 1.93. The molecule has 0 atom stereocenters. The van der Waals surface area contributed by atoms with Crippen molar-refractivity contribution in [2.45, 2.75) is 6.29 Å². The van der Waals surface area contributed by atoms with Gasteiger partial charge in [0.2, 0.25) is 0 Å². The molecule has 66 valence electrons. The number of rotatable bonds is 4. The van der Waals surface area contributed by atoms with Gasteiger partial charge < -0.3 is 20.1 Å². The van der Waals surface area contributed by atoms with Crippen molar-refractivity contribution in [2.24, 2.45) is 5.73 Å². The van der Waals surface area contributed by atoms with Crippen LogP contribution in [0.1, 0.15) is 0 Å². The Kier molecular flexibility index (Phi) is 4.56. The lowest BCUT2D eigenvalue weighted by Gasteiger charge is -2.19. The zero-order valence-electron chi connectivity index (χ0n) is 7.03. The lowest BCUT2D eigenvalue weighted by molar-refractivity contribution is -0.109. The molecule has 0 aromatic carbocycles. The predicted molar refractivity (Wildman–Crippen MR) is 40.0 cm³/mol. The molecule has 2 N–H and O–H groups in total. The van der Waals surface area contributed by atoms with Crippen molar-refractivity contribution in [1.29, 1.82) is 0 Å². The summed E-state index contributed by atoms with van der Waals surface area (Å²) in [5.74, 6) is 0. The van der Waals surface area contributed by atoms with Crippen LogP contribution in [0.25, 0.3) is 0 Å². The molecule has 0 saturated heterocycles. The number of carbonyl (C=O) groups is 1. The van der Waals surface area contributed by atoms with Gasteiger partial charge in [-0.25, -0.2) is 4.79 Å². The normalized spacial score (nSPS) is 10.2. The molecule has 0 saturated carbocycles. The van der Waals surface area contributed by atoms with Gasteiger partial charge in [-0.3, -0.25) is 0 Å². The van der Waals surface area contributed by atoms with Gasteiger partial charge in [0, 0.05) is 21.3 Å². The summed E-state index contributed by atoms with van der Waals surface area (Å²) < 4.78 is 9.70. The number of hydrogen-bond acceptors (Lipinski definition) is 3. The fraction of sp³-hybridized carbons (Fsp3) is 0.833. The first-order valence-corrected chi connectivity index (χ1v) is 3.18. The van der Waals surface area contributed by atoms with Crippen LogP contribution in [0, 0.1) is 0 Å². The van der Waals surface area contributed by atoms with E-state index in [1.54, 1.807) is 7.05 Å². The van der Waals surface area contributed by atoms with E-state index in [9.17, 15) is 4.79 Å². The SMILES string of the molecule is COC(CN(C)C(N)=O)OC. The van der Waals surface area contributed by atoms with Crippen LogP contribution in [0.15, 0.2) is 0 Å². The summed E-state index contributed by atoms with van der Waals surface area (Å²) in [6.45, 7) is 0.336. The van der Waals surface area contributed by atoms with Crippen molar-refractivity contribution in [1.82, 2.24) is 4.90 Å². The smallest absolute Gasteiger partial charge is 0.314 e. The predicted octanol–water partition coefficient (Wildman–Crippen LogP) is -0.384. The Morgan fingerprint density at radius 2 is 2.00 bits per heavy atom. The monoisotopic (exact) mass is 162 g/mol. The molecule has 0 unspecified atom stereocenters. The molecule has 0 heterocycles. The van der Waals surface area contributed by atoms with E-state index in [0.29, 0.717) is 6.54 Å². The van der Waals surface area contributed by atoms with E-state index in [1.807, 2.05) is 0 Å². The zero-order chi connectivity index (χ0) is 8.85. The molecular weight excluding hydrogens is 148 g/mol. The molecule has 2 amide bonds. The van der Waals surface area contributed by atoms with Gasteiger partial charge in [-0.2, -0.15) is 0 Å². The van der Waals surface area contributed by atoms with Crippen molar-refractivity contribution in [3.8, 4) is 0 Å². The Hall–Kier alpha value is -0.810. The average molecular weight is 162 g/mol. The van der Waals surface area contributed by atoms with Gasteiger partial charge in [0.1, 0.15) is 0 Å². The average Bonchev–Trinajstić information content (AvgIpc) is 1.99. The third-order valence-electron chi connectivity index (χ3n) is 1.32. The van der Waals surface area contributed by atoms with Crippen LogP contribution in [-0.2, 0) is 9.47 Å². The number of nitrogens with zero attached hydrogens (tertiary/aromatic N) is 1. The Balaban J connectivity index is 3.71. The van der Waals surface area contributed by atoms with Gasteiger partial charge in [-0.05, 0) is 0 Å².